The molecule has 0 unspecified atom stereocenters. The molecule has 0 atom stereocenters. The minimum absolute atomic E-state index is 0.0161. The van der Waals surface area contributed by atoms with E-state index in [0.717, 1.165) is 37.8 Å². The monoisotopic (exact) mass is 430 g/mol. The fraction of sp³-hybridized carbons (Fsp3) is 0.318. The van der Waals surface area contributed by atoms with E-state index in [9.17, 15) is 23.2 Å². The van der Waals surface area contributed by atoms with Crippen LogP contribution in [0.15, 0.2) is 42.5 Å². The van der Waals surface area contributed by atoms with Gasteiger partial charge in [-0.05, 0) is 49.2 Å². The molecule has 3 rings (SSSR count). The van der Waals surface area contributed by atoms with Crippen molar-refractivity contribution in [3.63, 3.8) is 0 Å². The summed E-state index contributed by atoms with van der Waals surface area (Å²) < 4.78 is 26.0. The Labute approximate surface area is 178 Å². The predicted molar refractivity (Wildman–Crippen MR) is 113 cm³/mol. The molecule has 1 aliphatic carbocycles. The molecule has 0 saturated heterocycles. The first kappa shape index (κ1) is 22.2. The van der Waals surface area contributed by atoms with E-state index in [1.54, 1.807) is 24.3 Å². The van der Waals surface area contributed by atoms with Gasteiger partial charge in [-0.15, -0.1) is 0 Å². The van der Waals surface area contributed by atoms with Crippen molar-refractivity contribution < 1.29 is 23.2 Å². The second-order valence-corrected chi connectivity index (χ2v) is 7.31. The van der Waals surface area contributed by atoms with E-state index in [1.165, 1.54) is 6.07 Å². The summed E-state index contributed by atoms with van der Waals surface area (Å²) in [5.74, 6) is -2.30. The fourth-order valence-electron chi connectivity index (χ4n) is 3.34. The van der Waals surface area contributed by atoms with Crippen molar-refractivity contribution in [2.45, 2.75) is 25.7 Å². The summed E-state index contributed by atoms with van der Waals surface area (Å²) in [4.78, 5) is 36.1. The number of benzene rings is 2. The number of hydrogen-bond acceptors (Lipinski definition) is 3. The van der Waals surface area contributed by atoms with Gasteiger partial charge in [0.05, 0.1) is 0 Å². The quantitative estimate of drug-likeness (QED) is 0.505. The van der Waals surface area contributed by atoms with Gasteiger partial charge in [-0.25, -0.2) is 13.6 Å². The van der Waals surface area contributed by atoms with Crippen LogP contribution in [0.3, 0.4) is 0 Å². The summed E-state index contributed by atoms with van der Waals surface area (Å²) in [5, 5.41) is 10.4. The van der Waals surface area contributed by atoms with Gasteiger partial charge >= 0.3 is 6.03 Å². The van der Waals surface area contributed by atoms with E-state index in [1.807, 2.05) is 0 Å². The van der Waals surface area contributed by atoms with Crippen LogP contribution in [0.5, 0.6) is 0 Å². The summed E-state index contributed by atoms with van der Waals surface area (Å²) in [7, 11) is 0. The first-order chi connectivity index (χ1) is 14.9. The highest BCUT2D eigenvalue weighted by atomic mass is 19.2. The predicted octanol–water partition coefficient (Wildman–Crippen LogP) is 3.65. The lowest BCUT2D eigenvalue weighted by Gasteiger charge is -2.11. The van der Waals surface area contributed by atoms with Crippen molar-refractivity contribution in [1.29, 1.82) is 0 Å². The summed E-state index contributed by atoms with van der Waals surface area (Å²) in [6, 6.07) is 8.99. The van der Waals surface area contributed by atoms with Crippen LogP contribution in [0.4, 0.5) is 25.0 Å². The third-order valence-electron chi connectivity index (χ3n) is 5.01. The number of carbonyl (C=O) groups excluding carboxylic acids is 3. The Hall–Kier alpha value is -3.49. The molecule has 7 nitrogen and oxygen atoms in total. The number of halogens is 2. The number of amides is 4. The molecule has 1 saturated carbocycles. The van der Waals surface area contributed by atoms with E-state index < -0.39 is 17.7 Å². The number of nitrogens with one attached hydrogen (secondary N) is 4. The van der Waals surface area contributed by atoms with Crippen LogP contribution in [0.25, 0.3) is 0 Å². The lowest BCUT2D eigenvalue weighted by atomic mass is 10.1. The van der Waals surface area contributed by atoms with Crippen molar-refractivity contribution in [3.05, 3.63) is 59.7 Å². The maximum atomic E-state index is 13.1. The zero-order valence-corrected chi connectivity index (χ0v) is 16.8. The second-order valence-electron chi connectivity index (χ2n) is 7.31. The average Bonchev–Trinajstić information content (AvgIpc) is 3.29. The first-order valence-corrected chi connectivity index (χ1v) is 10.1. The van der Waals surface area contributed by atoms with E-state index in [-0.39, 0.29) is 36.5 Å². The summed E-state index contributed by atoms with van der Waals surface area (Å²) in [5.41, 5.74) is 1.18. The van der Waals surface area contributed by atoms with E-state index in [4.69, 9.17) is 0 Å². The molecule has 9 heteroatoms. The largest absolute Gasteiger partial charge is 0.350 e. The Balaban J connectivity index is 1.37. The Bertz CT molecular complexity index is 944. The first-order valence-electron chi connectivity index (χ1n) is 10.1. The highest BCUT2D eigenvalue weighted by Gasteiger charge is 2.22. The van der Waals surface area contributed by atoms with Gasteiger partial charge in [0.15, 0.2) is 11.6 Å². The highest BCUT2D eigenvalue weighted by molar-refractivity contribution is 5.96. The molecule has 0 bridgehead atoms. The normalized spacial score (nSPS) is 13.5. The van der Waals surface area contributed by atoms with Crippen LogP contribution in [0, 0.1) is 17.6 Å². The topological polar surface area (TPSA) is 99.3 Å². The molecule has 2 aromatic carbocycles. The zero-order valence-electron chi connectivity index (χ0n) is 16.8. The fourth-order valence-corrected chi connectivity index (χ4v) is 3.34. The van der Waals surface area contributed by atoms with Crippen LogP contribution in [0.2, 0.25) is 0 Å². The molecule has 0 radical (unpaired) electrons. The van der Waals surface area contributed by atoms with Crippen LogP contribution in [0.1, 0.15) is 36.0 Å². The average molecular weight is 430 g/mol. The van der Waals surface area contributed by atoms with Crippen molar-refractivity contribution in [2.24, 2.45) is 5.92 Å². The number of hydrogen-bond donors (Lipinski definition) is 4. The van der Waals surface area contributed by atoms with Gasteiger partial charge < -0.3 is 21.3 Å². The van der Waals surface area contributed by atoms with E-state index in [0.29, 0.717) is 11.3 Å². The van der Waals surface area contributed by atoms with Crippen molar-refractivity contribution >= 4 is 29.2 Å². The molecule has 0 spiro atoms. The number of rotatable bonds is 7. The van der Waals surface area contributed by atoms with Gasteiger partial charge in [0.2, 0.25) is 5.91 Å². The molecular formula is C22H24F2N4O3. The van der Waals surface area contributed by atoms with Gasteiger partial charge in [0.25, 0.3) is 5.91 Å². The Morgan fingerprint density at radius 1 is 0.806 bits per heavy atom. The molecule has 2 aromatic rings. The minimum atomic E-state index is -1.06. The van der Waals surface area contributed by atoms with Crippen molar-refractivity contribution in [1.82, 2.24) is 10.6 Å². The van der Waals surface area contributed by atoms with Gasteiger partial charge in [0.1, 0.15) is 0 Å². The second kappa shape index (κ2) is 10.5. The van der Waals surface area contributed by atoms with Gasteiger partial charge in [-0.2, -0.15) is 0 Å². The van der Waals surface area contributed by atoms with E-state index in [2.05, 4.69) is 21.3 Å². The van der Waals surface area contributed by atoms with Gasteiger partial charge in [-0.3, -0.25) is 9.59 Å². The molecule has 4 amide bonds. The number of carbonyl (C=O) groups is 3. The Morgan fingerprint density at radius 3 is 2.13 bits per heavy atom. The van der Waals surface area contributed by atoms with Crippen LogP contribution >= 0.6 is 0 Å². The number of anilines is 2. The molecule has 4 N–H and O–H groups in total. The molecule has 0 aliphatic heterocycles. The minimum Gasteiger partial charge on any atom is -0.350 e. The molecule has 31 heavy (non-hydrogen) atoms. The van der Waals surface area contributed by atoms with Gasteiger partial charge in [-0.1, -0.05) is 12.8 Å². The van der Waals surface area contributed by atoms with Crippen LogP contribution < -0.4 is 21.3 Å². The maximum Gasteiger partial charge on any atom is 0.319 e. The third-order valence-corrected chi connectivity index (χ3v) is 5.01. The summed E-state index contributed by atoms with van der Waals surface area (Å²) in [6.45, 7) is 0.307. The number of urea groups is 1. The third kappa shape index (κ3) is 6.50. The summed E-state index contributed by atoms with van der Waals surface area (Å²) in [6.07, 6.45) is 4.00. The smallest absolute Gasteiger partial charge is 0.319 e. The molecular weight excluding hydrogens is 406 g/mol. The molecule has 0 aromatic heterocycles. The van der Waals surface area contributed by atoms with Crippen LogP contribution in [-0.2, 0) is 4.79 Å². The molecule has 1 aliphatic rings. The molecule has 0 heterocycles. The maximum absolute atomic E-state index is 13.1. The van der Waals surface area contributed by atoms with Crippen molar-refractivity contribution in [2.75, 3.05) is 23.7 Å². The zero-order chi connectivity index (χ0) is 22.2. The summed E-state index contributed by atoms with van der Waals surface area (Å²) >= 11 is 0. The lowest BCUT2D eigenvalue weighted by molar-refractivity contribution is -0.119. The lowest BCUT2D eigenvalue weighted by Crippen LogP contribution is -2.36. The standard InChI is InChI=1S/C22H24F2N4O3/c23-18-10-9-17(13-19(18)24)28-22(31)26-12-11-25-20(29)15-5-7-16(8-6-15)27-21(30)14-3-1-2-4-14/h5-10,13-14H,1-4,11-12H2,(H,25,29)(H,27,30)(H2,26,28,31). The Kier molecular flexibility index (Phi) is 7.53. The highest BCUT2D eigenvalue weighted by Crippen LogP contribution is 2.26. The SMILES string of the molecule is O=C(NCCNC(=O)c1ccc(NC(=O)C2CCCC2)cc1)Nc1ccc(F)c(F)c1. The molecule has 1 fully saturated rings. The molecule has 164 valence electrons. The van der Waals surface area contributed by atoms with Crippen LogP contribution in [-0.4, -0.2) is 30.9 Å². The van der Waals surface area contributed by atoms with Crippen molar-refractivity contribution in [3.8, 4) is 0 Å². The van der Waals surface area contributed by atoms with E-state index >= 15 is 0 Å². The Morgan fingerprint density at radius 2 is 1.45 bits per heavy atom. The van der Waals surface area contributed by atoms with Gasteiger partial charge in [0, 0.05) is 42.0 Å².